The summed E-state index contributed by atoms with van der Waals surface area (Å²) in [6.07, 6.45) is 5.13. The Hall–Kier alpha value is -2.19. The molecule has 0 spiro atoms. The van der Waals surface area contributed by atoms with Crippen LogP contribution in [0.15, 0.2) is 30.1 Å². The Morgan fingerprint density at radius 3 is 3.12 bits per heavy atom. The third kappa shape index (κ3) is 1.78. The molecule has 2 heterocycles. The van der Waals surface area contributed by atoms with Gasteiger partial charge >= 0.3 is 0 Å². The van der Waals surface area contributed by atoms with Crippen molar-refractivity contribution in [3.8, 4) is 6.07 Å². The molecule has 0 fully saturated rings. The summed E-state index contributed by atoms with van der Waals surface area (Å²) in [6, 6.07) is 5.71. The van der Waals surface area contributed by atoms with Gasteiger partial charge < -0.3 is 10.7 Å². The highest BCUT2D eigenvalue weighted by atomic mass is 32.1. The van der Waals surface area contributed by atoms with Crippen LogP contribution in [0.4, 0.5) is 0 Å². The fourth-order valence-corrected chi connectivity index (χ4v) is 1.52. The van der Waals surface area contributed by atoms with Gasteiger partial charge in [-0.05, 0) is 18.2 Å². The summed E-state index contributed by atoms with van der Waals surface area (Å²) in [5.41, 5.74) is 7.34. The molecule has 4 nitrogen and oxygen atoms in total. The second-order valence-corrected chi connectivity index (χ2v) is 3.62. The fraction of sp³-hybridized carbons (Fsp3) is 0. The summed E-state index contributed by atoms with van der Waals surface area (Å²) in [5.74, 6) is 0. The third-order valence-electron chi connectivity index (χ3n) is 2.17. The molecule has 16 heavy (non-hydrogen) atoms. The number of pyridine rings is 1. The Morgan fingerprint density at radius 1 is 1.62 bits per heavy atom. The van der Waals surface area contributed by atoms with Crippen molar-refractivity contribution < 1.29 is 0 Å². The minimum absolute atomic E-state index is 0.0979. The van der Waals surface area contributed by atoms with Gasteiger partial charge in [-0.3, -0.25) is 0 Å². The third-order valence-corrected chi connectivity index (χ3v) is 2.39. The summed E-state index contributed by atoms with van der Waals surface area (Å²) in [4.78, 5) is 7.25. The van der Waals surface area contributed by atoms with Crippen molar-refractivity contribution in [2.24, 2.45) is 5.73 Å². The molecule has 0 saturated heterocycles. The molecule has 0 radical (unpaired) electrons. The van der Waals surface area contributed by atoms with Crippen LogP contribution in [0.25, 0.3) is 17.1 Å². The Balaban J connectivity index is 2.57. The van der Waals surface area contributed by atoms with Crippen LogP contribution in [0.2, 0.25) is 0 Å². The highest BCUT2D eigenvalue weighted by molar-refractivity contribution is 7.80. The lowest BCUT2D eigenvalue weighted by atomic mass is 10.1. The summed E-state index contributed by atoms with van der Waals surface area (Å²) < 4.78 is 0. The van der Waals surface area contributed by atoms with Crippen LogP contribution in [0.1, 0.15) is 5.56 Å². The average molecular weight is 228 g/mol. The molecule has 0 bridgehead atoms. The van der Waals surface area contributed by atoms with Crippen LogP contribution >= 0.6 is 12.2 Å². The molecule has 2 aromatic rings. The number of aromatic nitrogens is 2. The number of hydrogen-bond acceptors (Lipinski definition) is 3. The standard InChI is InChI=1S/C11H8N4S/c12-5-7(10(13)16)4-8-6-15-11-9(8)2-1-3-14-11/h1-4,6H,(H2,13,16)(H,14,15). The highest BCUT2D eigenvalue weighted by Crippen LogP contribution is 2.18. The van der Waals surface area contributed by atoms with Crippen molar-refractivity contribution in [3.63, 3.8) is 0 Å². The van der Waals surface area contributed by atoms with Gasteiger partial charge in [0.2, 0.25) is 0 Å². The first-order chi connectivity index (χ1) is 7.72. The number of thiocarbonyl (C=S) groups is 1. The van der Waals surface area contributed by atoms with Gasteiger partial charge in [0.05, 0.1) is 5.57 Å². The van der Waals surface area contributed by atoms with Gasteiger partial charge in [-0.2, -0.15) is 5.26 Å². The number of nitrogens with zero attached hydrogens (tertiary/aromatic N) is 2. The maximum absolute atomic E-state index is 8.86. The van der Waals surface area contributed by atoms with Gasteiger partial charge in [0.25, 0.3) is 0 Å². The molecule has 2 aromatic heterocycles. The van der Waals surface area contributed by atoms with Gasteiger partial charge in [-0.15, -0.1) is 0 Å². The van der Waals surface area contributed by atoms with E-state index < -0.39 is 0 Å². The zero-order chi connectivity index (χ0) is 11.5. The van der Waals surface area contributed by atoms with Crippen LogP contribution in [0.5, 0.6) is 0 Å². The lowest BCUT2D eigenvalue weighted by Gasteiger charge is -1.94. The second-order valence-electron chi connectivity index (χ2n) is 3.18. The minimum Gasteiger partial charge on any atom is -0.389 e. The van der Waals surface area contributed by atoms with E-state index in [1.54, 1.807) is 18.5 Å². The van der Waals surface area contributed by atoms with Gasteiger partial charge in [0.15, 0.2) is 0 Å². The summed E-state index contributed by atoms with van der Waals surface area (Å²) in [6.45, 7) is 0. The molecule has 0 aliphatic heterocycles. The van der Waals surface area contributed by atoms with E-state index in [2.05, 4.69) is 9.97 Å². The molecule has 0 aliphatic carbocycles. The minimum atomic E-state index is 0.0979. The Bertz CT molecular complexity index is 618. The van der Waals surface area contributed by atoms with E-state index in [9.17, 15) is 0 Å². The van der Waals surface area contributed by atoms with Crippen LogP contribution in [0.3, 0.4) is 0 Å². The Morgan fingerprint density at radius 2 is 2.44 bits per heavy atom. The lowest BCUT2D eigenvalue weighted by molar-refractivity contribution is 1.33. The van der Waals surface area contributed by atoms with E-state index in [4.69, 9.17) is 23.2 Å². The largest absolute Gasteiger partial charge is 0.389 e. The Labute approximate surface area is 97.4 Å². The van der Waals surface area contributed by atoms with Crippen LogP contribution in [-0.4, -0.2) is 15.0 Å². The number of rotatable bonds is 2. The predicted molar refractivity (Wildman–Crippen MR) is 66.5 cm³/mol. The molecule has 5 heteroatoms. The average Bonchev–Trinajstić information content (AvgIpc) is 2.69. The maximum atomic E-state index is 8.86. The number of nitriles is 1. The molecule has 0 aliphatic rings. The van der Waals surface area contributed by atoms with Gasteiger partial charge in [-0.1, -0.05) is 12.2 Å². The predicted octanol–water partition coefficient (Wildman–Crippen LogP) is 1.76. The molecule has 78 valence electrons. The molecular formula is C11H8N4S. The van der Waals surface area contributed by atoms with Crippen molar-refractivity contribution in [1.82, 2.24) is 9.97 Å². The van der Waals surface area contributed by atoms with Crippen molar-refractivity contribution in [1.29, 1.82) is 5.26 Å². The van der Waals surface area contributed by atoms with E-state index in [1.807, 2.05) is 18.2 Å². The van der Waals surface area contributed by atoms with E-state index in [1.165, 1.54) is 0 Å². The number of hydrogen-bond donors (Lipinski definition) is 2. The smallest absolute Gasteiger partial charge is 0.137 e. The molecule has 0 amide bonds. The zero-order valence-corrected chi connectivity index (χ0v) is 9.08. The number of nitrogens with two attached hydrogens (primary N) is 1. The Kier molecular flexibility index (Phi) is 2.66. The van der Waals surface area contributed by atoms with E-state index in [0.29, 0.717) is 5.57 Å². The molecule has 3 N–H and O–H groups in total. The second kappa shape index (κ2) is 4.13. The van der Waals surface area contributed by atoms with Crippen LogP contribution in [0, 0.1) is 11.3 Å². The van der Waals surface area contributed by atoms with Crippen molar-refractivity contribution in [2.45, 2.75) is 0 Å². The molecule has 0 atom stereocenters. The molecular weight excluding hydrogens is 220 g/mol. The normalized spacial score (nSPS) is 11.3. The van der Waals surface area contributed by atoms with Gasteiger partial charge in [0, 0.05) is 23.3 Å². The first-order valence-corrected chi connectivity index (χ1v) is 4.97. The van der Waals surface area contributed by atoms with Crippen molar-refractivity contribution in [3.05, 3.63) is 35.7 Å². The molecule has 2 rings (SSSR count). The lowest BCUT2D eigenvalue weighted by Crippen LogP contribution is -2.09. The molecule has 0 unspecified atom stereocenters. The highest BCUT2D eigenvalue weighted by Gasteiger charge is 2.04. The summed E-state index contributed by atoms with van der Waals surface area (Å²) in [7, 11) is 0. The monoisotopic (exact) mass is 228 g/mol. The topological polar surface area (TPSA) is 78.5 Å². The summed E-state index contributed by atoms with van der Waals surface area (Å²) in [5, 5.41) is 9.79. The zero-order valence-electron chi connectivity index (χ0n) is 8.27. The number of H-pyrrole nitrogens is 1. The van der Waals surface area contributed by atoms with Gasteiger partial charge in [0.1, 0.15) is 16.7 Å². The van der Waals surface area contributed by atoms with Crippen molar-refractivity contribution >= 4 is 34.3 Å². The summed E-state index contributed by atoms with van der Waals surface area (Å²) >= 11 is 4.77. The van der Waals surface area contributed by atoms with Gasteiger partial charge in [-0.25, -0.2) is 4.98 Å². The SMILES string of the molecule is N#CC(=Cc1c[nH]c2ncccc12)C(N)=S. The van der Waals surface area contributed by atoms with E-state index in [-0.39, 0.29) is 4.99 Å². The fourth-order valence-electron chi connectivity index (χ4n) is 1.41. The van der Waals surface area contributed by atoms with Crippen LogP contribution in [-0.2, 0) is 0 Å². The number of aromatic amines is 1. The maximum Gasteiger partial charge on any atom is 0.137 e. The van der Waals surface area contributed by atoms with E-state index in [0.717, 1.165) is 16.6 Å². The molecule has 0 aromatic carbocycles. The van der Waals surface area contributed by atoms with Crippen molar-refractivity contribution in [2.75, 3.05) is 0 Å². The number of nitrogens with one attached hydrogen (secondary N) is 1. The van der Waals surface area contributed by atoms with E-state index >= 15 is 0 Å². The quantitative estimate of drug-likeness (QED) is 0.466. The number of fused-ring (bicyclic) bond motifs is 1. The first-order valence-electron chi connectivity index (χ1n) is 4.56. The molecule has 0 saturated carbocycles. The first kappa shape index (κ1) is 10.3. The van der Waals surface area contributed by atoms with Crippen LogP contribution < -0.4 is 5.73 Å².